The van der Waals surface area contributed by atoms with Gasteiger partial charge in [0.25, 0.3) is 0 Å². The summed E-state index contributed by atoms with van der Waals surface area (Å²) in [6.07, 6.45) is 1.46. The average Bonchev–Trinajstić information content (AvgIpc) is 2.07. The molecule has 0 fully saturated rings. The van der Waals surface area contributed by atoms with Crippen molar-refractivity contribution in [2.24, 2.45) is 4.40 Å². The molecule has 2 nitrogen and oxygen atoms in total. The fourth-order valence-corrected chi connectivity index (χ4v) is 1.77. The summed E-state index contributed by atoms with van der Waals surface area (Å²) in [5, 5.41) is 0. The van der Waals surface area contributed by atoms with E-state index in [4.69, 9.17) is 0 Å². The fourth-order valence-electron chi connectivity index (χ4n) is 0.553. The van der Waals surface area contributed by atoms with E-state index in [2.05, 4.69) is 4.40 Å². The van der Waals surface area contributed by atoms with Crippen LogP contribution in [0.15, 0.2) is 39.6 Å². The Morgan fingerprint density at radius 2 is 2.00 bits per heavy atom. The Hall–Kier alpha value is -0.700. The van der Waals surface area contributed by atoms with Crippen molar-refractivity contribution in [1.29, 1.82) is 0 Å². The van der Waals surface area contributed by atoms with E-state index in [0.717, 1.165) is 15.9 Å². The first kappa shape index (κ1) is 8.40. The summed E-state index contributed by atoms with van der Waals surface area (Å²) in [5.41, 5.74) is 0. The molecule has 1 aromatic carbocycles. The second kappa shape index (κ2) is 5.02. The van der Waals surface area contributed by atoms with E-state index < -0.39 is 0 Å². The van der Waals surface area contributed by atoms with E-state index in [0.29, 0.717) is 0 Å². The molecule has 0 spiro atoms. The Balaban J connectivity index is 2.45. The van der Waals surface area contributed by atoms with Crippen LogP contribution >= 0.6 is 21.8 Å². The summed E-state index contributed by atoms with van der Waals surface area (Å²) >= 11 is 0. The van der Waals surface area contributed by atoms with Gasteiger partial charge in [-0.15, -0.1) is 4.40 Å². The molecule has 1 rings (SSSR count). The van der Waals surface area contributed by atoms with E-state index in [1.54, 1.807) is 0 Å². The normalized spacial score (nSPS) is 8.73. The molecule has 0 N–H and O–H groups in total. The van der Waals surface area contributed by atoms with Gasteiger partial charge >= 0.3 is 0 Å². The van der Waals surface area contributed by atoms with Crippen molar-refractivity contribution < 1.29 is 4.79 Å². The maximum absolute atomic E-state index is 9.67. The molecule has 0 aromatic heterocycles. The largest absolute Gasteiger partial charge is 0.248 e. The van der Waals surface area contributed by atoms with Crippen LogP contribution in [-0.4, -0.2) is 6.08 Å². The van der Waals surface area contributed by atoms with Gasteiger partial charge in [-0.1, -0.05) is 18.2 Å². The van der Waals surface area contributed by atoms with E-state index in [9.17, 15) is 4.79 Å². The van der Waals surface area contributed by atoms with Crippen LogP contribution < -0.4 is 0 Å². The molecule has 1 aromatic rings. The van der Waals surface area contributed by atoms with Gasteiger partial charge in [-0.05, 0) is 22.9 Å². The fraction of sp³-hybridized carbons (Fsp3) is 0. The zero-order valence-electron chi connectivity index (χ0n) is 5.56. The molecule has 0 atom stereocenters. The summed E-state index contributed by atoms with van der Waals surface area (Å²) in [6.45, 7) is 0. The summed E-state index contributed by atoms with van der Waals surface area (Å²) in [5.74, 6) is 0. The highest BCUT2D eigenvalue weighted by Gasteiger charge is 1.89. The molecule has 0 saturated carbocycles. The van der Waals surface area contributed by atoms with E-state index in [1.165, 1.54) is 16.9 Å². The van der Waals surface area contributed by atoms with Gasteiger partial charge in [-0.2, -0.15) is 0 Å². The second-order valence-corrected chi connectivity index (χ2v) is 3.57. The molecule has 4 heteroatoms. The summed E-state index contributed by atoms with van der Waals surface area (Å²) in [6, 6.07) is 9.73. The first-order valence-corrected chi connectivity index (χ1v) is 5.00. The van der Waals surface area contributed by atoms with Gasteiger partial charge in [0.05, 0.1) is 11.0 Å². The second-order valence-electron chi connectivity index (χ2n) is 1.65. The summed E-state index contributed by atoms with van der Waals surface area (Å²) in [4.78, 5) is 10.7. The SMILES string of the molecule is O=C=NSSc1ccccc1. The first-order chi connectivity index (χ1) is 5.43. The minimum Gasteiger partial charge on any atom is -0.210 e. The van der Waals surface area contributed by atoms with Gasteiger partial charge in [0.15, 0.2) is 0 Å². The van der Waals surface area contributed by atoms with Crippen LogP contribution in [0.5, 0.6) is 0 Å². The van der Waals surface area contributed by atoms with Gasteiger partial charge in [-0.3, -0.25) is 0 Å². The Morgan fingerprint density at radius 3 is 2.64 bits per heavy atom. The highest BCUT2D eigenvalue weighted by Crippen LogP contribution is 2.30. The molecule has 0 bridgehead atoms. The molecular weight excluding hydrogens is 178 g/mol. The van der Waals surface area contributed by atoms with Crippen LogP contribution in [0, 0.1) is 0 Å². The van der Waals surface area contributed by atoms with Crippen molar-refractivity contribution in [1.82, 2.24) is 0 Å². The molecule has 0 aliphatic carbocycles. The third kappa shape index (κ3) is 3.28. The van der Waals surface area contributed by atoms with Crippen molar-refractivity contribution in [3.8, 4) is 0 Å². The van der Waals surface area contributed by atoms with Gasteiger partial charge in [0.1, 0.15) is 0 Å². The van der Waals surface area contributed by atoms with E-state index in [1.807, 2.05) is 30.3 Å². The van der Waals surface area contributed by atoms with Crippen LogP contribution in [-0.2, 0) is 4.79 Å². The molecule has 56 valence electrons. The van der Waals surface area contributed by atoms with Gasteiger partial charge in [0, 0.05) is 4.90 Å². The van der Waals surface area contributed by atoms with Crippen molar-refractivity contribution in [2.75, 3.05) is 0 Å². The van der Waals surface area contributed by atoms with Crippen molar-refractivity contribution in [3.63, 3.8) is 0 Å². The minimum absolute atomic E-state index is 1.08. The molecule has 0 radical (unpaired) electrons. The van der Waals surface area contributed by atoms with Gasteiger partial charge in [-0.25, -0.2) is 4.79 Å². The Kier molecular flexibility index (Phi) is 3.83. The van der Waals surface area contributed by atoms with Crippen molar-refractivity contribution in [3.05, 3.63) is 30.3 Å². The van der Waals surface area contributed by atoms with E-state index >= 15 is 0 Å². The number of nitrogens with zero attached hydrogens (tertiary/aromatic N) is 1. The number of isocyanates is 1. The molecule has 0 aliphatic heterocycles. The Labute approximate surface area is 72.6 Å². The molecule has 0 heterocycles. The number of hydrogen-bond acceptors (Lipinski definition) is 4. The minimum atomic E-state index is 1.08. The van der Waals surface area contributed by atoms with Crippen molar-refractivity contribution in [2.45, 2.75) is 4.90 Å². The lowest BCUT2D eigenvalue weighted by Gasteiger charge is -1.91. The molecule has 11 heavy (non-hydrogen) atoms. The zero-order valence-corrected chi connectivity index (χ0v) is 7.19. The predicted molar refractivity (Wildman–Crippen MR) is 48.0 cm³/mol. The lowest BCUT2D eigenvalue weighted by atomic mass is 10.4. The third-order valence-electron chi connectivity index (χ3n) is 0.951. The van der Waals surface area contributed by atoms with Crippen LogP contribution in [0.4, 0.5) is 0 Å². The quantitative estimate of drug-likeness (QED) is 0.312. The molecule has 0 saturated heterocycles. The Morgan fingerprint density at radius 1 is 1.27 bits per heavy atom. The van der Waals surface area contributed by atoms with Gasteiger partial charge in [0.2, 0.25) is 6.08 Å². The van der Waals surface area contributed by atoms with Crippen molar-refractivity contribution >= 4 is 27.9 Å². The molecule has 0 unspecified atom stereocenters. The van der Waals surface area contributed by atoms with Crippen LogP contribution in [0.25, 0.3) is 0 Å². The number of rotatable bonds is 3. The average molecular weight is 183 g/mol. The topological polar surface area (TPSA) is 29.4 Å². The standard InChI is InChI=1S/C7H5NOS2/c9-6-8-11-10-7-4-2-1-3-5-7/h1-5H. The van der Waals surface area contributed by atoms with Crippen LogP contribution in [0.2, 0.25) is 0 Å². The molecule has 0 aliphatic rings. The third-order valence-corrected chi connectivity index (χ3v) is 2.66. The number of benzene rings is 1. The van der Waals surface area contributed by atoms with Gasteiger partial charge < -0.3 is 0 Å². The molecular formula is C7H5NOS2. The lowest BCUT2D eigenvalue weighted by molar-refractivity contribution is 0.566. The smallest absolute Gasteiger partial charge is 0.210 e. The summed E-state index contributed by atoms with van der Waals surface area (Å²) in [7, 11) is 2.56. The van der Waals surface area contributed by atoms with Crippen LogP contribution in [0.3, 0.4) is 0 Å². The lowest BCUT2D eigenvalue weighted by Crippen LogP contribution is -1.62. The number of carbonyl (C=O) groups excluding carboxylic acids is 1. The summed E-state index contributed by atoms with van der Waals surface area (Å²) < 4.78 is 3.34. The zero-order chi connectivity index (χ0) is 7.94. The molecule has 0 amide bonds. The monoisotopic (exact) mass is 183 g/mol. The maximum Gasteiger partial charge on any atom is 0.248 e. The first-order valence-electron chi connectivity index (χ1n) is 2.89. The maximum atomic E-state index is 9.67. The van der Waals surface area contributed by atoms with E-state index in [-0.39, 0.29) is 0 Å². The number of hydrogen-bond donors (Lipinski definition) is 0. The predicted octanol–water partition coefficient (Wildman–Crippen LogP) is 2.68. The highest BCUT2D eigenvalue weighted by atomic mass is 33.1. The van der Waals surface area contributed by atoms with Crippen LogP contribution in [0.1, 0.15) is 0 Å². The highest BCUT2D eigenvalue weighted by molar-refractivity contribution is 8.76. The Bertz CT molecular complexity index is 256.